The third-order valence-corrected chi connectivity index (χ3v) is 4.74. The summed E-state index contributed by atoms with van der Waals surface area (Å²) in [6.07, 6.45) is 6.82. The molecule has 2 rings (SSSR count). The number of aromatic nitrogens is 1. The SMILES string of the molecule is COCCNC(c1nc(C)cs1)C1CCCCC1. The van der Waals surface area contributed by atoms with Crippen LogP contribution in [0.4, 0.5) is 0 Å². The third kappa shape index (κ3) is 3.77. The van der Waals surface area contributed by atoms with E-state index in [1.807, 2.05) is 0 Å². The predicted molar refractivity (Wildman–Crippen MR) is 76.0 cm³/mol. The Kier molecular flexibility index (Phi) is 5.60. The van der Waals surface area contributed by atoms with Crippen molar-refractivity contribution in [3.05, 3.63) is 16.1 Å². The average Bonchev–Trinajstić information content (AvgIpc) is 2.82. The lowest BCUT2D eigenvalue weighted by atomic mass is 9.84. The third-order valence-electron chi connectivity index (χ3n) is 3.69. The lowest BCUT2D eigenvalue weighted by molar-refractivity contribution is 0.184. The number of aryl methyl sites for hydroxylation is 1. The van der Waals surface area contributed by atoms with Crippen LogP contribution in [0.2, 0.25) is 0 Å². The van der Waals surface area contributed by atoms with Gasteiger partial charge in [-0.25, -0.2) is 4.98 Å². The molecule has 0 aromatic carbocycles. The second-order valence-corrected chi connectivity index (χ2v) is 6.04. The largest absolute Gasteiger partial charge is 0.383 e. The van der Waals surface area contributed by atoms with Crippen molar-refractivity contribution in [3.8, 4) is 0 Å². The topological polar surface area (TPSA) is 34.1 Å². The number of hydrogen-bond donors (Lipinski definition) is 1. The summed E-state index contributed by atoms with van der Waals surface area (Å²) in [6.45, 7) is 3.76. The van der Waals surface area contributed by atoms with Crippen LogP contribution in [0.1, 0.15) is 48.8 Å². The van der Waals surface area contributed by atoms with Crippen LogP contribution in [0.25, 0.3) is 0 Å². The number of nitrogens with zero attached hydrogens (tertiary/aromatic N) is 1. The van der Waals surface area contributed by atoms with Gasteiger partial charge in [-0.05, 0) is 25.7 Å². The highest BCUT2D eigenvalue weighted by Crippen LogP contribution is 2.35. The molecule has 102 valence electrons. The first-order valence-corrected chi connectivity index (χ1v) is 7.83. The lowest BCUT2D eigenvalue weighted by Crippen LogP contribution is -2.32. The Bertz CT molecular complexity index is 347. The first-order chi connectivity index (χ1) is 8.81. The zero-order valence-electron chi connectivity index (χ0n) is 11.4. The molecule has 3 nitrogen and oxygen atoms in total. The van der Waals surface area contributed by atoms with E-state index in [0.29, 0.717) is 6.04 Å². The van der Waals surface area contributed by atoms with Crippen LogP contribution in [0.3, 0.4) is 0 Å². The fourth-order valence-electron chi connectivity index (χ4n) is 2.75. The van der Waals surface area contributed by atoms with Gasteiger partial charge in [0.15, 0.2) is 0 Å². The van der Waals surface area contributed by atoms with Gasteiger partial charge in [0.05, 0.1) is 12.6 Å². The molecule has 1 aliphatic carbocycles. The summed E-state index contributed by atoms with van der Waals surface area (Å²) in [6, 6.07) is 0.430. The van der Waals surface area contributed by atoms with E-state index >= 15 is 0 Å². The molecule has 0 amide bonds. The van der Waals surface area contributed by atoms with Gasteiger partial charge in [-0.2, -0.15) is 0 Å². The maximum atomic E-state index is 5.14. The van der Waals surface area contributed by atoms with Crippen LogP contribution in [0.5, 0.6) is 0 Å². The van der Waals surface area contributed by atoms with Crippen molar-refractivity contribution < 1.29 is 4.74 Å². The highest BCUT2D eigenvalue weighted by atomic mass is 32.1. The summed E-state index contributed by atoms with van der Waals surface area (Å²) >= 11 is 1.79. The van der Waals surface area contributed by atoms with Gasteiger partial charge in [-0.3, -0.25) is 0 Å². The van der Waals surface area contributed by atoms with E-state index in [0.717, 1.165) is 24.8 Å². The van der Waals surface area contributed by atoms with E-state index in [-0.39, 0.29) is 0 Å². The Labute approximate surface area is 114 Å². The normalized spacial score (nSPS) is 19.0. The van der Waals surface area contributed by atoms with E-state index < -0.39 is 0 Å². The van der Waals surface area contributed by atoms with Crippen LogP contribution in [0, 0.1) is 12.8 Å². The average molecular weight is 268 g/mol. The van der Waals surface area contributed by atoms with Crippen molar-refractivity contribution in [2.75, 3.05) is 20.3 Å². The standard InChI is InChI=1S/C14H24N2OS/c1-11-10-18-14(16-11)13(15-8-9-17-2)12-6-4-3-5-7-12/h10,12-13,15H,3-9H2,1-2H3. The number of nitrogens with one attached hydrogen (secondary N) is 1. The van der Waals surface area contributed by atoms with Crippen molar-refractivity contribution in [2.45, 2.75) is 45.1 Å². The van der Waals surface area contributed by atoms with E-state index in [1.54, 1.807) is 18.4 Å². The summed E-state index contributed by atoms with van der Waals surface area (Å²) in [7, 11) is 1.75. The smallest absolute Gasteiger partial charge is 0.110 e. The Morgan fingerprint density at radius 2 is 2.22 bits per heavy atom. The number of ether oxygens (including phenoxy) is 1. The molecule has 0 bridgehead atoms. The molecule has 1 heterocycles. The minimum absolute atomic E-state index is 0.430. The summed E-state index contributed by atoms with van der Waals surface area (Å²) in [5, 5.41) is 7.06. The highest BCUT2D eigenvalue weighted by molar-refractivity contribution is 7.09. The zero-order chi connectivity index (χ0) is 12.8. The van der Waals surface area contributed by atoms with Crippen LogP contribution < -0.4 is 5.32 Å². The Balaban J connectivity index is 2.01. The maximum Gasteiger partial charge on any atom is 0.110 e. The molecule has 0 radical (unpaired) electrons. The van der Waals surface area contributed by atoms with E-state index in [4.69, 9.17) is 4.74 Å². The summed E-state index contributed by atoms with van der Waals surface area (Å²) in [5.41, 5.74) is 1.14. The predicted octanol–water partition coefficient (Wildman–Crippen LogP) is 3.31. The van der Waals surface area contributed by atoms with Gasteiger partial charge >= 0.3 is 0 Å². The molecule has 1 N–H and O–H groups in total. The molecule has 1 aromatic rings. The second-order valence-electron chi connectivity index (χ2n) is 5.15. The number of rotatable bonds is 6. The fraction of sp³-hybridized carbons (Fsp3) is 0.786. The van der Waals surface area contributed by atoms with Gasteiger partial charge in [0.25, 0.3) is 0 Å². The number of thiazole rings is 1. The van der Waals surface area contributed by atoms with E-state index in [1.165, 1.54) is 37.1 Å². The second kappa shape index (κ2) is 7.22. The summed E-state index contributed by atoms with van der Waals surface area (Å²) < 4.78 is 5.14. The van der Waals surface area contributed by atoms with Crippen molar-refractivity contribution in [3.63, 3.8) is 0 Å². The molecular formula is C14H24N2OS. The maximum absolute atomic E-state index is 5.14. The molecule has 1 unspecified atom stereocenters. The molecule has 1 aromatic heterocycles. The molecule has 1 atom stereocenters. The Hall–Kier alpha value is -0.450. The first kappa shape index (κ1) is 14.0. The first-order valence-electron chi connectivity index (χ1n) is 6.95. The quantitative estimate of drug-likeness (QED) is 0.804. The van der Waals surface area contributed by atoms with Crippen LogP contribution in [-0.4, -0.2) is 25.2 Å². The van der Waals surface area contributed by atoms with Crippen molar-refractivity contribution >= 4 is 11.3 Å². The molecule has 0 saturated heterocycles. The molecule has 0 spiro atoms. The Morgan fingerprint density at radius 3 is 2.83 bits per heavy atom. The van der Waals surface area contributed by atoms with Crippen LogP contribution in [-0.2, 0) is 4.74 Å². The Morgan fingerprint density at radius 1 is 1.44 bits per heavy atom. The van der Waals surface area contributed by atoms with Crippen molar-refractivity contribution in [1.82, 2.24) is 10.3 Å². The molecule has 1 fully saturated rings. The van der Waals surface area contributed by atoms with Gasteiger partial charge < -0.3 is 10.1 Å². The van der Waals surface area contributed by atoms with Crippen molar-refractivity contribution in [1.29, 1.82) is 0 Å². The number of hydrogen-bond acceptors (Lipinski definition) is 4. The van der Waals surface area contributed by atoms with E-state index in [9.17, 15) is 0 Å². The fourth-order valence-corrected chi connectivity index (χ4v) is 3.72. The molecular weight excluding hydrogens is 244 g/mol. The monoisotopic (exact) mass is 268 g/mol. The minimum atomic E-state index is 0.430. The van der Waals surface area contributed by atoms with Crippen LogP contribution in [0.15, 0.2) is 5.38 Å². The van der Waals surface area contributed by atoms with Crippen molar-refractivity contribution in [2.24, 2.45) is 5.92 Å². The summed E-state index contributed by atoms with van der Waals surface area (Å²) in [5.74, 6) is 0.751. The molecule has 1 aliphatic rings. The lowest BCUT2D eigenvalue weighted by Gasteiger charge is -2.29. The van der Waals surface area contributed by atoms with Gasteiger partial charge in [0, 0.05) is 24.7 Å². The van der Waals surface area contributed by atoms with Gasteiger partial charge in [-0.15, -0.1) is 11.3 Å². The zero-order valence-corrected chi connectivity index (χ0v) is 12.3. The molecule has 0 aliphatic heterocycles. The van der Waals surface area contributed by atoms with Gasteiger partial charge in [-0.1, -0.05) is 19.3 Å². The van der Waals surface area contributed by atoms with Crippen LogP contribution >= 0.6 is 11.3 Å². The molecule has 4 heteroatoms. The molecule has 18 heavy (non-hydrogen) atoms. The molecule has 1 saturated carbocycles. The van der Waals surface area contributed by atoms with Gasteiger partial charge in [0.1, 0.15) is 5.01 Å². The number of methoxy groups -OCH3 is 1. The van der Waals surface area contributed by atoms with E-state index in [2.05, 4.69) is 22.6 Å². The summed E-state index contributed by atoms with van der Waals surface area (Å²) in [4.78, 5) is 4.68. The minimum Gasteiger partial charge on any atom is -0.383 e. The highest BCUT2D eigenvalue weighted by Gasteiger charge is 2.26. The van der Waals surface area contributed by atoms with Gasteiger partial charge in [0.2, 0.25) is 0 Å².